The van der Waals surface area contributed by atoms with Crippen LogP contribution >= 0.6 is 0 Å². The minimum atomic E-state index is -0.789. The van der Waals surface area contributed by atoms with Gasteiger partial charge in [0.1, 0.15) is 6.04 Å². The van der Waals surface area contributed by atoms with Gasteiger partial charge in [-0.15, -0.1) is 0 Å². The summed E-state index contributed by atoms with van der Waals surface area (Å²) >= 11 is 0. The Hall–Kier alpha value is -3.16. The maximum atomic E-state index is 12.4. The van der Waals surface area contributed by atoms with Gasteiger partial charge in [-0.25, -0.2) is 0 Å². The predicted molar refractivity (Wildman–Crippen MR) is 104 cm³/mol. The molecular weight excluding hydrogens is 360 g/mol. The Kier molecular flexibility index (Phi) is 5.22. The third-order valence-corrected chi connectivity index (χ3v) is 4.99. The summed E-state index contributed by atoms with van der Waals surface area (Å²) in [6, 6.07) is 6.57. The number of likely N-dealkylation sites (tertiary alicyclic amines) is 1. The van der Waals surface area contributed by atoms with E-state index in [1.54, 1.807) is 19.9 Å². The molecule has 0 aromatic heterocycles. The number of nitrogens with zero attached hydrogens (tertiary/aromatic N) is 2. The number of oxime groups is 1. The quantitative estimate of drug-likeness (QED) is 0.750. The number of anilines is 1. The van der Waals surface area contributed by atoms with Crippen molar-refractivity contribution in [3.63, 3.8) is 0 Å². The van der Waals surface area contributed by atoms with Gasteiger partial charge in [-0.3, -0.25) is 14.4 Å². The molecule has 1 fully saturated rings. The van der Waals surface area contributed by atoms with Gasteiger partial charge < -0.3 is 20.8 Å². The summed E-state index contributed by atoms with van der Waals surface area (Å²) in [6.07, 6.45) is 1.10. The SMILES string of the molecule is C=C(C)C(=O)N1CC2(CC(c3cccc(NC(=O)CC)c3)=NO2)C[C@H]1C(N)=O. The van der Waals surface area contributed by atoms with E-state index in [0.717, 1.165) is 5.56 Å². The van der Waals surface area contributed by atoms with Crippen LogP contribution in [-0.4, -0.2) is 46.5 Å². The highest BCUT2D eigenvalue weighted by molar-refractivity contribution is 6.03. The Morgan fingerprint density at radius 2 is 2.18 bits per heavy atom. The van der Waals surface area contributed by atoms with Crippen LogP contribution in [0.3, 0.4) is 0 Å². The normalized spacial score (nSPS) is 23.3. The molecule has 28 heavy (non-hydrogen) atoms. The molecule has 148 valence electrons. The van der Waals surface area contributed by atoms with Crippen molar-refractivity contribution in [3.8, 4) is 0 Å². The van der Waals surface area contributed by atoms with E-state index in [-0.39, 0.29) is 24.8 Å². The van der Waals surface area contributed by atoms with Crippen LogP contribution in [-0.2, 0) is 19.2 Å². The van der Waals surface area contributed by atoms with Crippen LogP contribution < -0.4 is 11.1 Å². The lowest BCUT2D eigenvalue weighted by Crippen LogP contribution is -2.44. The van der Waals surface area contributed by atoms with Gasteiger partial charge in [0.25, 0.3) is 0 Å². The number of nitrogens with two attached hydrogens (primary N) is 1. The van der Waals surface area contributed by atoms with Crippen molar-refractivity contribution >= 4 is 29.1 Å². The van der Waals surface area contributed by atoms with E-state index in [9.17, 15) is 14.4 Å². The summed E-state index contributed by atoms with van der Waals surface area (Å²) < 4.78 is 0. The molecule has 1 saturated heterocycles. The highest BCUT2D eigenvalue weighted by Gasteiger charge is 2.53. The number of carbonyl (C=O) groups is 3. The highest BCUT2D eigenvalue weighted by Crippen LogP contribution is 2.39. The number of amides is 3. The molecule has 0 radical (unpaired) electrons. The van der Waals surface area contributed by atoms with Gasteiger partial charge in [0, 0.05) is 36.1 Å². The van der Waals surface area contributed by atoms with Crippen LogP contribution in [0.2, 0.25) is 0 Å². The first-order valence-electron chi connectivity index (χ1n) is 9.16. The van der Waals surface area contributed by atoms with Gasteiger partial charge in [0.2, 0.25) is 17.7 Å². The topological polar surface area (TPSA) is 114 Å². The number of hydrogen-bond donors (Lipinski definition) is 2. The second-order valence-corrected chi connectivity index (χ2v) is 7.31. The Morgan fingerprint density at radius 3 is 2.82 bits per heavy atom. The lowest BCUT2D eigenvalue weighted by Gasteiger charge is -2.23. The average molecular weight is 384 g/mol. The Labute approximate surface area is 163 Å². The van der Waals surface area contributed by atoms with Crippen molar-refractivity contribution < 1.29 is 19.2 Å². The van der Waals surface area contributed by atoms with Crippen LogP contribution in [0.1, 0.15) is 38.7 Å². The average Bonchev–Trinajstić information content (AvgIpc) is 3.25. The number of rotatable bonds is 5. The Morgan fingerprint density at radius 1 is 1.43 bits per heavy atom. The van der Waals surface area contributed by atoms with Crippen LogP contribution in [0, 0.1) is 0 Å². The minimum absolute atomic E-state index is 0.0766. The van der Waals surface area contributed by atoms with Gasteiger partial charge in [-0.2, -0.15) is 0 Å². The van der Waals surface area contributed by atoms with E-state index in [0.29, 0.717) is 29.8 Å². The minimum Gasteiger partial charge on any atom is -0.387 e. The molecule has 0 saturated carbocycles. The molecular formula is C20H24N4O4. The van der Waals surface area contributed by atoms with Crippen molar-refractivity contribution in [1.82, 2.24) is 4.90 Å². The van der Waals surface area contributed by atoms with Crippen LogP contribution in [0.25, 0.3) is 0 Å². The van der Waals surface area contributed by atoms with Crippen LogP contribution in [0.15, 0.2) is 41.6 Å². The molecule has 2 atom stereocenters. The smallest absolute Gasteiger partial charge is 0.249 e. The zero-order chi connectivity index (χ0) is 20.5. The number of hydrogen-bond acceptors (Lipinski definition) is 5. The number of primary amides is 1. The van der Waals surface area contributed by atoms with Gasteiger partial charge >= 0.3 is 0 Å². The van der Waals surface area contributed by atoms with Crippen molar-refractivity contribution in [2.24, 2.45) is 10.9 Å². The first-order chi connectivity index (χ1) is 13.2. The summed E-state index contributed by atoms with van der Waals surface area (Å²) in [7, 11) is 0. The summed E-state index contributed by atoms with van der Waals surface area (Å²) in [5.74, 6) is -0.970. The second kappa shape index (κ2) is 7.46. The third-order valence-electron chi connectivity index (χ3n) is 4.99. The number of carbonyl (C=O) groups excluding carboxylic acids is 3. The monoisotopic (exact) mass is 384 g/mol. The Balaban J connectivity index is 1.78. The van der Waals surface area contributed by atoms with Crippen molar-refractivity contribution in [2.45, 2.75) is 44.8 Å². The molecule has 0 bridgehead atoms. The second-order valence-electron chi connectivity index (χ2n) is 7.31. The van der Waals surface area contributed by atoms with Gasteiger partial charge in [0.15, 0.2) is 5.60 Å². The number of benzene rings is 1. The molecule has 2 aliphatic rings. The van der Waals surface area contributed by atoms with Gasteiger partial charge in [-0.1, -0.05) is 30.8 Å². The van der Waals surface area contributed by atoms with Crippen molar-refractivity contribution in [3.05, 3.63) is 42.0 Å². The van der Waals surface area contributed by atoms with E-state index in [4.69, 9.17) is 10.6 Å². The molecule has 8 heteroatoms. The third kappa shape index (κ3) is 3.76. The fourth-order valence-corrected chi connectivity index (χ4v) is 3.56. The van der Waals surface area contributed by atoms with Crippen LogP contribution in [0.5, 0.6) is 0 Å². The summed E-state index contributed by atoms with van der Waals surface area (Å²) in [5.41, 5.74) is 7.23. The van der Waals surface area contributed by atoms with E-state index in [2.05, 4.69) is 17.1 Å². The van der Waals surface area contributed by atoms with Gasteiger partial charge in [0.05, 0.1) is 12.3 Å². The predicted octanol–water partition coefficient (Wildman–Crippen LogP) is 1.56. The molecule has 2 heterocycles. The molecule has 1 aromatic rings. The van der Waals surface area contributed by atoms with E-state index < -0.39 is 17.6 Å². The highest BCUT2D eigenvalue weighted by atomic mass is 16.7. The lowest BCUT2D eigenvalue weighted by molar-refractivity contribution is -0.134. The molecule has 3 rings (SSSR count). The fourth-order valence-electron chi connectivity index (χ4n) is 3.56. The fraction of sp³-hybridized carbons (Fsp3) is 0.400. The molecule has 1 spiro atoms. The van der Waals surface area contributed by atoms with Crippen LogP contribution in [0.4, 0.5) is 5.69 Å². The maximum absolute atomic E-state index is 12.4. The van der Waals surface area contributed by atoms with Crippen molar-refractivity contribution in [1.29, 1.82) is 0 Å². The van der Waals surface area contributed by atoms with E-state index >= 15 is 0 Å². The molecule has 8 nitrogen and oxygen atoms in total. The first kappa shape index (κ1) is 19.6. The zero-order valence-corrected chi connectivity index (χ0v) is 16.0. The first-order valence-corrected chi connectivity index (χ1v) is 9.16. The summed E-state index contributed by atoms with van der Waals surface area (Å²) in [4.78, 5) is 43.0. The molecule has 2 aliphatic heterocycles. The zero-order valence-electron chi connectivity index (χ0n) is 16.0. The summed E-state index contributed by atoms with van der Waals surface area (Å²) in [5, 5.41) is 7.02. The van der Waals surface area contributed by atoms with Gasteiger partial charge in [-0.05, 0) is 19.1 Å². The lowest BCUT2D eigenvalue weighted by atomic mass is 9.91. The molecule has 1 unspecified atom stereocenters. The molecule has 0 aliphatic carbocycles. The Bertz CT molecular complexity index is 879. The van der Waals surface area contributed by atoms with E-state index in [1.165, 1.54) is 4.90 Å². The summed E-state index contributed by atoms with van der Waals surface area (Å²) in [6.45, 7) is 7.26. The standard InChI is InChI=1S/C20H24N4O4/c1-4-17(25)22-14-7-5-6-13(8-14)15-9-20(28-23-15)10-16(18(21)26)24(11-20)19(27)12(2)3/h5-8,16H,2,4,9-11H2,1,3H3,(H2,21,26)(H,22,25)/t16-,20?/m0/s1. The molecule has 1 aromatic carbocycles. The molecule has 3 N–H and O–H groups in total. The molecule has 3 amide bonds. The number of nitrogens with one attached hydrogen (secondary N) is 1. The van der Waals surface area contributed by atoms with Crippen molar-refractivity contribution in [2.75, 3.05) is 11.9 Å². The largest absolute Gasteiger partial charge is 0.387 e. The van der Waals surface area contributed by atoms with E-state index in [1.807, 2.05) is 18.2 Å². The maximum Gasteiger partial charge on any atom is 0.249 e.